The summed E-state index contributed by atoms with van der Waals surface area (Å²) in [5.74, 6) is -0.0228. The van der Waals surface area contributed by atoms with Gasteiger partial charge in [0.05, 0.1) is 28.6 Å². The first-order valence-electron chi connectivity index (χ1n) is 6.21. The summed E-state index contributed by atoms with van der Waals surface area (Å²) in [5, 5.41) is 9.14. The predicted octanol–water partition coefficient (Wildman–Crippen LogP) is 1.94. The van der Waals surface area contributed by atoms with Crippen molar-refractivity contribution < 1.29 is 4.79 Å². The molecule has 5 nitrogen and oxygen atoms in total. The number of hydrogen-bond donors (Lipinski definition) is 0. The largest absolute Gasteiger partial charge is 0.288 e. The van der Waals surface area contributed by atoms with Crippen molar-refractivity contribution in [1.29, 1.82) is 5.26 Å². The highest BCUT2D eigenvalue weighted by Crippen LogP contribution is 2.42. The molecular formula is C13H13BrN4O. The van der Waals surface area contributed by atoms with Crippen molar-refractivity contribution in [1.82, 2.24) is 8.83 Å². The smallest absolute Gasteiger partial charge is 0.240 e. The summed E-state index contributed by atoms with van der Waals surface area (Å²) in [6.07, 6.45) is 9.06. The number of hydrogen-bond acceptors (Lipinski definition) is 4. The van der Waals surface area contributed by atoms with Crippen molar-refractivity contribution >= 4 is 28.3 Å². The number of nitrogens with zero attached hydrogens (tertiary/aromatic N) is 4. The van der Waals surface area contributed by atoms with E-state index in [0.717, 1.165) is 12.0 Å². The first-order chi connectivity index (χ1) is 9.13. The van der Waals surface area contributed by atoms with Crippen molar-refractivity contribution in [3.8, 4) is 6.19 Å². The van der Waals surface area contributed by atoms with Crippen molar-refractivity contribution in [3.05, 3.63) is 23.4 Å². The lowest BCUT2D eigenvalue weighted by atomic mass is 9.76. The monoisotopic (exact) mass is 320 g/mol. The van der Waals surface area contributed by atoms with Gasteiger partial charge >= 0.3 is 0 Å². The fourth-order valence-corrected chi connectivity index (χ4v) is 3.69. The summed E-state index contributed by atoms with van der Waals surface area (Å²) >= 11 is 3.48. The van der Waals surface area contributed by atoms with Crippen molar-refractivity contribution in [2.45, 2.75) is 32.0 Å². The van der Waals surface area contributed by atoms with E-state index in [0.29, 0.717) is 6.42 Å². The van der Waals surface area contributed by atoms with E-state index in [1.54, 1.807) is 0 Å². The van der Waals surface area contributed by atoms with Crippen molar-refractivity contribution in [2.24, 2.45) is 10.9 Å². The summed E-state index contributed by atoms with van der Waals surface area (Å²) in [6.45, 7) is 1.93. The van der Waals surface area contributed by atoms with Gasteiger partial charge in [-0.2, -0.15) is 5.26 Å². The molecule has 6 heteroatoms. The molecule has 3 aliphatic rings. The molecular weight excluding hydrogens is 308 g/mol. The third-order valence-electron chi connectivity index (χ3n) is 3.91. The minimum Gasteiger partial charge on any atom is -0.288 e. The van der Waals surface area contributed by atoms with Gasteiger partial charge in [-0.25, -0.2) is 4.90 Å². The van der Waals surface area contributed by atoms with Gasteiger partial charge in [-0.05, 0) is 18.1 Å². The zero-order valence-corrected chi connectivity index (χ0v) is 12.0. The van der Waals surface area contributed by atoms with Gasteiger partial charge in [0, 0.05) is 24.8 Å². The highest BCUT2D eigenvalue weighted by Gasteiger charge is 2.44. The summed E-state index contributed by atoms with van der Waals surface area (Å²) in [7, 11) is 0. The first kappa shape index (κ1) is 12.4. The van der Waals surface area contributed by atoms with Gasteiger partial charge in [0.1, 0.15) is 0 Å². The van der Waals surface area contributed by atoms with Crippen LogP contribution in [0.15, 0.2) is 28.4 Å². The van der Waals surface area contributed by atoms with E-state index in [1.165, 1.54) is 10.5 Å². The van der Waals surface area contributed by atoms with E-state index in [1.807, 2.05) is 29.5 Å². The van der Waals surface area contributed by atoms with E-state index in [4.69, 9.17) is 5.26 Å². The highest BCUT2D eigenvalue weighted by molar-refractivity contribution is 9.07. The normalized spacial score (nSPS) is 33.1. The van der Waals surface area contributed by atoms with Crippen LogP contribution in [-0.2, 0) is 4.79 Å². The number of carbonyl (C=O) groups excluding carboxylic acids is 1. The Labute approximate surface area is 120 Å². The molecule has 1 saturated heterocycles. The van der Waals surface area contributed by atoms with Crippen LogP contribution in [0.4, 0.5) is 0 Å². The fourth-order valence-electron chi connectivity index (χ4n) is 3.08. The van der Waals surface area contributed by atoms with Gasteiger partial charge in [0.25, 0.3) is 0 Å². The lowest BCUT2D eigenvalue weighted by Gasteiger charge is -2.44. The molecule has 0 aliphatic carbocycles. The number of likely N-dealkylation sites (tertiary alicyclic amines) is 1. The third-order valence-corrected chi connectivity index (χ3v) is 4.50. The van der Waals surface area contributed by atoms with Crippen LogP contribution in [0.1, 0.15) is 19.8 Å². The molecule has 0 saturated carbocycles. The number of carbonyl (C=O) groups is 1. The van der Waals surface area contributed by atoms with E-state index in [-0.39, 0.29) is 24.0 Å². The summed E-state index contributed by atoms with van der Waals surface area (Å²) in [6, 6.07) is -0.138. The summed E-state index contributed by atoms with van der Waals surface area (Å²) in [5.41, 5.74) is 2.23. The molecule has 0 aromatic rings. The molecule has 3 heterocycles. The predicted molar refractivity (Wildman–Crippen MR) is 73.9 cm³/mol. The van der Waals surface area contributed by atoms with Crippen LogP contribution in [0.2, 0.25) is 0 Å². The lowest BCUT2D eigenvalue weighted by Crippen LogP contribution is -2.50. The number of nitriles is 1. The van der Waals surface area contributed by atoms with Crippen LogP contribution < -0.4 is 0 Å². The second-order valence-corrected chi connectivity index (χ2v) is 5.77. The molecule has 3 rings (SSSR count). The zero-order chi connectivity index (χ0) is 13.6. The molecule has 0 aromatic heterocycles. The van der Waals surface area contributed by atoms with Crippen LogP contribution in [-0.4, -0.2) is 33.2 Å². The van der Waals surface area contributed by atoms with Crippen LogP contribution in [0, 0.1) is 17.4 Å². The number of amides is 1. The molecule has 1 fully saturated rings. The lowest BCUT2D eigenvalue weighted by molar-refractivity contribution is -0.131. The number of dihydropyridines is 1. The first-order valence-corrected chi connectivity index (χ1v) is 6.92. The Morgan fingerprint density at radius 3 is 3.11 bits per heavy atom. The average molecular weight is 321 g/mol. The standard InChI is InChI=1S/C13H13BrN4O/c1-8-12-9(5-11(19)17(8)7-15)6-18(14)13-10(12)3-2-4-16-13/h3-4,6,8,12-13H,2,5H2,1H3. The minimum absolute atomic E-state index is 0.0568. The van der Waals surface area contributed by atoms with Gasteiger partial charge < -0.3 is 0 Å². The van der Waals surface area contributed by atoms with E-state index >= 15 is 0 Å². The SMILES string of the molecule is CC1C2C(=CN(Br)C3N=CCC=C23)CC(=O)N1C#N. The second-order valence-electron chi connectivity index (χ2n) is 4.95. The van der Waals surface area contributed by atoms with Crippen LogP contribution in [0.25, 0.3) is 0 Å². The number of allylic oxidation sites excluding steroid dienone is 1. The quantitative estimate of drug-likeness (QED) is 0.389. The summed E-state index contributed by atoms with van der Waals surface area (Å²) in [4.78, 5) is 17.7. The Morgan fingerprint density at radius 1 is 1.58 bits per heavy atom. The molecule has 3 aliphatic heterocycles. The molecule has 98 valence electrons. The highest BCUT2D eigenvalue weighted by atomic mass is 79.9. The Balaban J connectivity index is 2.05. The number of rotatable bonds is 0. The third kappa shape index (κ3) is 1.80. The molecule has 0 aromatic carbocycles. The Bertz CT molecular complexity index is 559. The molecule has 3 atom stereocenters. The average Bonchev–Trinajstić information content (AvgIpc) is 2.39. The van der Waals surface area contributed by atoms with Crippen LogP contribution in [0.5, 0.6) is 0 Å². The van der Waals surface area contributed by atoms with Crippen molar-refractivity contribution in [3.63, 3.8) is 0 Å². The Kier molecular flexibility index (Phi) is 2.94. The number of fused-ring (bicyclic) bond motifs is 3. The molecule has 0 bridgehead atoms. The topological polar surface area (TPSA) is 59.7 Å². The van der Waals surface area contributed by atoms with E-state index in [9.17, 15) is 4.79 Å². The van der Waals surface area contributed by atoms with Crippen LogP contribution >= 0.6 is 16.1 Å². The zero-order valence-electron chi connectivity index (χ0n) is 10.5. The molecule has 19 heavy (non-hydrogen) atoms. The fraction of sp³-hybridized carbons (Fsp3) is 0.462. The van der Waals surface area contributed by atoms with E-state index in [2.05, 4.69) is 27.2 Å². The van der Waals surface area contributed by atoms with E-state index < -0.39 is 0 Å². The Hall–Kier alpha value is -1.61. The molecule has 0 radical (unpaired) electrons. The number of halogens is 1. The molecule has 1 amide bonds. The number of piperidine rings is 1. The van der Waals surface area contributed by atoms with Gasteiger partial charge in [-0.15, -0.1) is 0 Å². The maximum atomic E-state index is 11.9. The molecule has 0 spiro atoms. The minimum atomic E-state index is -0.138. The van der Waals surface area contributed by atoms with Crippen molar-refractivity contribution in [2.75, 3.05) is 0 Å². The Morgan fingerprint density at radius 2 is 2.37 bits per heavy atom. The van der Waals surface area contributed by atoms with Gasteiger partial charge in [-0.1, -0.05) is 6.08 Å². The van der Waals surface area contributed by atoms with Crippen LogP contribution in [0.3, 0.4) is 0 Å². The van der Waals surface area contributed by atoms with Gasteiger partial charge in [-0.3, -0.25) is 13.7 Å². The second kappa shape index (κ2) is 4.49. The maximum Gasteiger partial charge on any atom is 0.240 e. The maximum absolute atomic E-state index is 11.9. The van der Waals surface area contributed by atoms with Gasteiger partial charge in [0.15, 0.2) is 12.4 Å². The summed E-state index contributed by atoms with van der Waals surface area (Å²) < 4.78 is 1.86. The molecule has 0 N–H and O–H groups in total. The number of aliphatic imine (C=N–C) groups is 1. The molecule has 3 unspecified atom stereocenters. The van der Waals surface area contributed by atoms with Gasteiger partial charge in [0.2, 0.25) is 5.91 Å².